The lowest BCUT2D eigenvalue weighted by Crippen LogP contribution is -2.06. The summed E-state index contributed by atoms with van der Waals surface area (Å²) in [4.78, 5) is 0.0666. The van der Waals surface area contributed by atoms with E-state index in [0.717, 1.165) is 4.47 Å². The van der Waals surface area contributed by atoms with Crippen LogP contribution in [0, 0.1) is 0 Å². The lowest BCUT2D eigenvalue weighted by molar-refractivity contribution is 0.411. The van der Waals surface area contributed by atoms with Crippen LogP contribution in [-0.2, 0) is 14.3 Å². The van der Waals surface area contributed by atoms with Gasteiger partial charge < -0.3 is 4.18 Å². The summed E-state index contributed by atoms with van der Waals surface area (Å²) in [5.74, 6) is -0.0601. The number of allylic oxidation sites excluding steroid dienone is 1. The van der Waals surface area contributed by atoms with Gasteiger partial charge in [-0.15, -0.1) is 11.6 Å². The van der Waals surface area contributed by atoms with Crippen LogP contribution >= 0.6 is 27.5 Å². The summed E-state index contributed by atoms with van der Waals surface area (Å²) in [6, 6.07) is 6.08. The van der Waals surface area contributed by atoms with E-state index >= 15 is 0 Å². The third kappa shape index (κ3) is 3.52. The first-order valence-corrected chi connectivity index (χ1v) is 6.63. The lowest BCUT2D eigenvalue weighted by atomic mass is 10.4. The zero-order valence-electron chi connectivity index (χ0n) is 7.61. The number of halogens is 2. The molecule has 0 atom stereocenters. The number of hydrogen-bond acceptors (Lipinski definition) is 3. The molecule has 0 bridgehead atoms. The van der Waals surface area contributed by atoms with Gasteiger partial charge in [0.25, 0.3) is 0 Å². The van der Waals surface area contributed by atoms with Crippen molar-refractivity contribution in [2.45, 2.75) is 4.90 Å². The van der Waals surface area contributed by atoms with Gasteiger partial charge in [0, 0.05) is 4.47 Å². The molecule has 0 saturated carbocycles. The lowest BCUT2D eigenvalue weighted by Gasteiger charge is -2.06. The highest BCUT2D eigenvalue weighted by Gasteiger charge is 2.16. The molecule has 0 aliphatic rings. The monoisotopic (exact) mass is 310 g/mol. The minimum atomic E-state index is -3.79. The van der Waals surface area contributed by atoms with E-state index in [4.69, 9.17) is 11.6 Å². The normalized spacial score (nSPS) is 11.1. The van der Waals surface area contributed by atoms with Gasteiger partial charge in [-0.3, -0.25) is 0 Å². The quantitative estimate of drug-likeness (QED) is 0.488. The van der Waals surface area contributed by atoms with Crippen LogP contribution in [0.15, 0.2) is 46.0 Å². The molecule has 6 heteroatoms. The Morgan fingerprint density at radius 3 is 2.40 bits per heavy atom. The van der Waals surface area contributed by atoms with Crippen molar-refractivity contribution in [3.05, 3.63) is 41.1 Å². The second-order valence-electron chi connectivity index (χ2n) is 2.66. The largest absolute Gasteiger partial charge is 0.383 e. The van der Waals surface area contributed by atoms with Crippen molar-refractivity contribution in [2.75, 3.05) is 5.88 Å². The summed E-state index contributed by atoms with van der Waals surface area (Å²) in [6.45, 7) is 3.36. The molecular formula is C9H8BrClO3S. The van der Waals surface area contributed by atoms with Crippen molar-refractivity contribution in [1.29, 1.82) is 0 Å². The third-order valence-electron chi connectivity index (χ3n) is 1.48. The highest BCUT2D eigenvalue weighted by Crippen LogP contribution is 2.18. The fourth-order valence-electron chi connectivity index (χ4n) is 0.827. The molecule has 15 heavy (non-hydrogen) atoms. The van der Waals surface area contributed by atoms with Gasteiger partial charge in [-0.05, 0) is 24.3 Å². The number of alkyl halides is 1. The van der Waals surface area contributed by atoms with Gasteiger partial charge in [0.1, 0.15) is 10.7 Å². The molecule has 0 unspecified atom stereocenters. The van der Waals surface area contributed by atoms with E-state index in [1.807, 2.05) is 0 Å². The van der Waals surface area contributed by atoms with E-state index in [1.54, 1.807) is 12.1 Å². The van der Waals surface area contributed by atoms with Crippen LogP contribution in [0.1, 0.15) is 0 Å². The van der Waals surface area contributed by atoms with Crippen molar-refractivity contribution in [3.8, 4) is 0 Å². The average Bonchev–Trinajstić information content (AvgIpc) is 2.17. The summed E-state index contributed by atoms with van der Waals surface area (Å²) in [5, 5.41) is 0. The Morgan fingerprint density at radius 1 is 1.40 bits per heavy atom. The summed E-state index contributed by atoms with van der Waals surface area (Å²) >= 11 is 8.58. The van der Waals surface area contributed by atoms with Crippen LogP contribution in [-0.4, -0.2) is 14.3 Å². The maximum atomic E-state index is 11.6. The Bertz CT molecular complexity index is 453. The zero-order chi connectivity index (χ0) is 11.5. The van der Waals surface area contributed by atoms with Gasteiger partial charge in [0.2, 0.25) is 0 Å². The zero-order valence-corrected chi connectivity index (χ0v) is 10.8. The Balaban J connectivity index is 2.96. The summed E-state index contributed by atoms with van der Waals surface area (Å²) in [6.07, 6.45) is 0. The first-order valence-electron chi connectivity index (χ1n) is 3.89. The second-order valence-corrected chi connectivity index (χ2v) is 5.39. The third-order valence-corrected chi connectivity index (χ3v) is 3.61. The molecule has 0 saturated heterocycles. The molecule has 82 valence electrons. The van der Waals surface area contributed by atoms with Gasteiger partial charge >= 0.3 is 10.1 Å². The Labute approximate surface area is 102 Å². The van der Waals surface area contributed by atoms with Crippen LogP contribution in [0.25, 0.3) is 0 Å². The van der Waals surface area contributed by atoms with E-state index < -0.39 is 10.1 Å². The first kappa shape index (κ1) is 12.5. The molecule has 0 heterocycles. The smallest absolute Gasteiger partial charge is 0.338 e. The molecule has 0 N–H and O–H groups in total. The van der Waals surface area contributed by atoms with Crippen molar-refractivity contribution >= 4 is 37.6 Å². The highest BCUT2D eigenvalue weighted by atomic mass is 79.9. The van der Waals surface area contributed by atoms with Crippen LogP contribution in [0.4, 0.5) is 0 Å². The number of benzene rings is 1. The summed E-state index contributed by atoms with van der Waals surface area (Å²) in [7, 11) is -3.79. The summed E-state index contributed by atoms with van der Waals surface area (Å²) in [5.41, 5.74) is 0. The van der Waals surface area contributed by atoms with Gasteiger partial charge in [0.05, 0.1) is 5.88 Å². The van der Waals surface area contributed by atoms with Gasteiger partial charge in [-0.2, -0.15) is 8.42 Å². The van der Waals surface area contributed by atoms with Crippen LogP contribution in [0.3, 0.4) is 0 Å². The molecular weight excluding hydrogens is 304 g/mol. The Kier molecular flexibility index (Phi) is 4.19. The Morgan fingerprint density at radius 2 is 1.93 bits per heavy atom. The fraction of sp³-hybridized carbons (Fsp3) is 0.111. The number of rotatable bonds is 4. The Hall–Kier alpha value is -0.520. The van der Waals surface area contributed by atoms with Crippen LogP contribution in [0.2, 0.25) is 0 Å². The highest BCUT2D eigenvalue weighted by molar-refractivity contribution is 9.10. The van der Waals surface area contributed by atoms with E-state index in [-0.39, 0.29) is 16.5 Å². The molecule has 0 radical (unpaired) electrons. The maximum Gasteiger partial charge on any atom is 0.338 e. The number of hydrogen-bond donors (Lipinski definition) is 0. The van der Waals surface area contributed by atoms with Crippen molar-refractivity contribution in [1.82, 2.24) is 0 Å². The first-order chi connectivity index (χ1) is 6.95. The van der Waals surface area contributed by atoms with Gasteiger partial charge in [0.15, 0.2) is 0 Å². The molecule has 0 spiro atoms. The van der Waals surface area contributed by atoms with E-state index in [0.29, 0.717) is 0 Å². The van der Waals surface area contributed by atoms with Crippen molar-refractivity contribution in [3.63, 3.8) is 0 Å². The molecule has 1 aromatic rings. The molecule has 3 nitrogen and oxygen atoms in total. The van der Waals surface area contributed by atoms with Crippen molar-refractivity contribution in [2.24, 2.45) is 0 Å². The minimum absolute atomic E-state index is 0.000384. The SMILES string of the molecule is C=C(CCl)OS(=O)(=O)c1ccc(Br)cc1. The van der Waals surface area contributed by atoms with Crippen LogP contribution in [0.5, 0.6) is 0 Å². The molecule has 0 amide bonds. The molecule has 0 aliphatic carbocycles. The van der Waals surface area contributed by atoms with E-state index in [9.17, 15) is 8.42 Å². The van der Waals surface area contributed by atoms with E-state index in [1.165, 1.54) is 12.1 Å². The predicted molar refractivity (Wildman–Crippen MR) is 62.3 cm³/mol. The van der Waals surface area contributed by atoms with Crippen LogP contribution < -0.4 is 0 Å². The second kappa shape index (κ2) is 5.01. The molecule has 1 aromatic carbocycles. The predicted octanol–water partition coefficient (Wildman–Crippen LogP) is 2.91. The molecule has 0 fully saturated rings. The van der Waals surface area contributed by atoms with Gasteiger partial charge in [-0.1, -0.05) is 22.5 Å². The van der Waals surface area contributed by atoms with Gasteiger partial charge in [-0.25, -0.2) is 0 Å². The van der Waals surface area contributed by atoms with Crippen molar-refractivity contribution < 1.29 is 12.6 Å². The molecule has 0 aliphatic heterocycles. The average molecular weight is 312 g/mol. The molecule has 0 aromatic heterocycles. The minimum Gasteiger partial charge on any atom is -0.383 e. The van der Waals surface area contributed by atoms with E-state index in [2.05, 4.69) is 26.7 Å². The standard InChI is InChI=1S/C9H8BrClO3S/c1-7(6-11)14-15(12,13)9-4-2-8(10)3-5-9/h2-5H,1,6H2. The maximum absolute atomic E-state index is 11.6. The topological polar surface area (TPSA) is 43.4 Å². The molecule has 1 rings (SSSR count). The fourth-order valence-corrected chi connectivity index (χ4v) is 2.15. The summed E-state index contributed by atoms with van der Waals surface area (Å²) < 4.78 is 28.5.